The molecule has 0 saturated heterocycles. The number of carbonyl (C=O) groups is 1. The molecule has 0 atom stereocenters. The maximum atomic E-state index is 12.1. The molecule has 0 radical (unpaired) electrons. The van der Waals surface area contributed by atoms with E-state index in [1.165, 1.54) is 26.8 Å². The Kier molecular flexibility index (Phi) is 6.03. The van der Waals surface area contributed by atoms with Crippen LogP contribution in [0.25, 0.3) is 16.8 Å². The van der Waals surface area contributed by atoms with Crippen LogP contribution in [0.2, 0.25) is 0 Å². The fourth-order valence-corrected chi connectivity index (χ4v) is 2.72. The summed E-state index contributed by atoms with van der Waals surface area (Å²) in [7, 11) is 2.73. The van der Waals surface area contributed by atoms with Crippen molar-refractivity contribution in [2.24, 2.45) is 0 Å². The molecule has 1 N–H and O–H groups in total. The van der Waals surface area contributed by atoms with Crippen molar-refractivity contribution in [2.75, 3.05) is 14.2 Å². The number of hydrogen-bond donors (Lipinski definition) is 1. The highest BCUT2D eigenvalue weighted by molar-refractivity contribution is 6.17. The van der Waals surface area contributed by atoms with Gasteiger partial charge in [0.25, 0.3) is 5.56 Å². The number of nitrogens with one attached hydrogen (secondary N) is 1. The van der Waals surface area contributed by atoms with Crippen LogP contribution in [0.15, 0.2) is 60.0 Å². The van der Waals surface area contributed by atoms with Crippen molar-refractivity contribution in [3.63, 3.8) is 0 Å². The highest BCUT2D eigenvalue weighted by Gasteiger charge is 2.18. The van der Waals surface area contributed by atoms with Gasteiger partial charge >= 0.3 is 5.97 Å². The van der Waals surface area contributed by atoms with E-state index in [-0.39, 0.29) is 17.0 Å². The maximum absolute atomic E-state index is 12.1. The number of rotatable bonds is 6. The predicted octanol–water partition coefficient (Wildman–Crippen LogP) is 3.09. The molecular formula is C21H19N3O5. The minimum Gasteiger partial charge on any atom is -0.503 e. The third-order valence-electron chi connectivity index (χ3n) is 4.16. The van der Waals surface area contributed by atoms with Crippen LogP contribution in [0.3, 0.4) is 0 Å². The number of aromatic amines is 1. The smallest absolute Gasteiger partial charge is 0.341 e. The van der Waals surface area contributed by atoms with E-state index in [0.717, 1.165) is 0 Å². The number of carbonyl (C=O) groups excluding carboxylic acids is 1. The third kappa shape index (κ3) is 4.32. The summed E-state index contributed by atoms with van der Waals surface area (Å²) in [6.07, 6.45) is 4.19. The summed E-state index contributed by atoms with van der Waals surface area (Å²) < 4.78 is 15.8. The SMILES string of the molecule is CO/C=C(/C(=O)OC)c1ccccc1Oc1cc(-c2cc[nH]c(=O)c2C)ncn1. The van der Waals surface area contributed by atoms with Gasteiger partial charge in [0.2, 0.25) is 5.88 Å². The third-order valence-corrected chi connectivity index (χ3v) is 4.16. The zero-order valence-electron chi connectivity index (χ0n) is 16.1. The predicted molar refractivity (Wildman–Crippen MR) is 106 cm³/mol. The number of H-pyrrole nitrogens is 1. The summed E-state index contributed by atoms with van der Waals surface area (Å²) >= 11 is 0. The molecule has 2 aromatic heterocycles. The Bertz CT molecular complexity index is 1120. The van der Waals surface area contributed by atoms with E-state index in [1.807, 2.05) is 0 Å². The number of esters is 1. The monoisotopic (exact) mass is 393 g/mol. The standard InChI is InChI=1S/C21H19N3O5/c1-13-14(8-9-22-20(13)25)17-10-19(24-12-23-17)29-18-7-5-4-6-15(18)16(11-27-2)21(26)28-3/h4-12H,1-3H3,(H,22,25)/b16-11+. The van der Waals surface area contributed by atoms with E-state index in [9.17, 15) is 9.59 Å². The van der Waals surface area contributed by atoms with Crippen molar-refractivity contribution in [3.8, 4) is 22.9 Å². The number of pyridine rings is 1. The first kappa shape index (κ1) is 19.8. The molecule has 0 aliphatic carbocycles. The molecule has 0 amide bonds. The van der Waals surface area contributed by atoms with Gasteiger partial charge in [0, 0.05) is 29.0 Å². The van der Waals surface area contributed by atoms with Crippen LogP contribution in [-0.2, 0) is 14.3 Å². The second-order valence-corrected chi connectivity index (χ2v) is 5.94. The van der Waals surface area contributed by atoms with E-state index in [0.29, 0.717) is 28.1 Å². The lowest BCUT2D eigenvalue weighted by Gasteiger charge is -2.12. The summed E-state index contributed by atoms with van der Waals surface area (Å²) in [5.74, 6) is 0.0719. The molecule has 3 rings (SSSR count). The Balaban J connectivity index is 2.00. The zero-order valence-corrected chi connectivity index (χ0v) is 16.1. The second-order valence-electron chi connectivity index (χ2n) is 5.94. The van der Waals surface area contributed by atoms with Gasteiger partial charge in [-0.2, -0.15) is 0 Å². The van der Waals surface area contributed by atoms with E-state index in [2.05, 4.69) is 15.0 Å². The maximum Gasteiger partial charge on any atom is 0.341 e. The molecule has 0 bridgehead atoms. The van der Waals surface area contributed by atoms with Crippen LogP contribution in [-0.4, -0.2) is 35.1 Å². The molecule has 0 spiro atoms. The number of hydrogen-bond acceptors (Lipinski definition) is 7. The summed E-state index contributed by atoms with van der Waals surface area (Å²) in [5.41, 5.74) is 2.23. The minimum atomic E-state index is -0.564. The largest absolute Gasteiger partial charge is 0.503 e. The first-order chi connectivity index (χ1) is 14.0. The average Bonchev–Trinajstić information content (AvgIpc) is 2.74. The Hall–Kier alpha value is -3.94. The first-order valence-corrected chi connectivity index (χ1v) is 8.64. The Morgan fingerprint density at radius 1 is 1.14 bits per heavy atom. The van der Waals surface area contributed by atoms with Crippen LogP contribution >= 0.6 is 0 Å². The van der Waals surface area contributed by atoms with Crippen molar-refractivity contribution < 1.29 is 19.0 Å². The molecule has 3 aromatic rings. The summed E-state index contributed by atoms with van der Waals surface area (Å²) in [5, 5.41) is 0. The summed E-state index contributed by atoms with van der Waals surface area (Å²) in [4.78, 5) is 35.0. The number of ether oxygens (including phenoxy) is 3. The lowest BCUT2D eigenvalue weighted by molar-refractivity contribution is -0.133. The van der Waals surface area contributed by atoms with Crippen molar-refractivity contribution >= 4 is 11.5 Å². The lowest BCUT2D eigenvalue weighted by Crippen LogP contribution is -2.09. The molecule has 0 fully saturated rings. The van der Waals surface area contributed by atoms with Gasteiger partial charge in [0.15, 0.2) is 0 Å². The zero-order chi connectivity index (χ0) is 20.8. The van der Waals surface area contributed by atoms with Crippen LogP contribution in [0.4, 0.5) is 0 Å². The molecule has 0 saturated carbocycles. The molecule has 2 heterocycles. The first-order valence-electron chi connectivity index (χ1n) is 8.64. The summed E-state index contributed by atoms with van der Waals surface area (Å²) in [6, 6.07) is 10.3. The number of benzene rings is 1. The lowest BCUT2D eigenvalue weighted by atomic mass is 10.1. The van der Waals surface area contributed by atoms with Crippen molar-refractivity contribution in [2.45, 2.75) is 6.92 Å². The Morgan fingerprint density at radius 3 is 2.69 bits per heavy atom. The molecule has 148 valence electrons. The van der Waals surface area contributed by atoms with Gasteiger partial charge in [-0.3, -0.25) is 4.79 Å². The Labute approximate surface area is 166 Å². The highest BCUT2D eigenvalue weighted by Crippen LogP contribution is 2.31. The fraction of sp³-hybridized carbons (Fsp3) is 0.143. The van der Waals surface area contributed by atoms with Crippen LogP contribution in [0.5, 0.6) is 11.6 Å². The molecule has 0 aliphatic rings. The van der Waals surface area contributed by atoms with Crippen molar-refractivity contribution in [3.05, 3.63) is 76.7 Å². The molecule has 29 heavy (non-hydrogen) atoms. The van der Waals surface area contributed by atoms with E-state index in [1.54, 1.807) is 49.5 Å². The van der Waals surface area contributed by atoms with E-state index >= 15 is 0 Å². The van der Waals surface area contributed by atoms with Gasteiger partial charge in [0.05, 0.1) is 26.2 Å². The highest BCUT2D eigenvalue weighted by atomic mass is 16.5. The Morgan fingerprint density at radius 2 is 1.93 bits per heavy atom. The van der Waals surface area contributed by atoms with Gasteiger partial charge in [0.1, 0.15) is 17.6 Å². The topological polar surface area (TPSA) is 103 Å². The minimum absolute atomic E-state index is 0.193. The van der Waals surface area contributed by atoms with Gasteiger partial charge in [-0.25, -0.2) is 14.8 Å². The number of nitrogens with zero attached hydrogens (tertiary/aromatic N) is 2. The summed E-state index contributed by atoms with van der Waals surface area (Å²) in [6.45, 7) is 1.71. The van der Waals surface area contributed by atoms with Crippen LogP contribution < -0.4 is 10.3 Å². The number of para-hydroxylation sites is 1. The van der Waals surface area contributed by atoms with Gasteiger partial charge in [-0.15, -0.1) is 0 Å². The van der Waals surface area contributed by atoms with Crippen molar-refractivity contribution in [1.82, 2.24) is 15.0 Å². The van der Waals surface area contributed by atoms with Gasteiger partial charge < -0.3 is 19.2 Å². The molecule has 0 aliphatic heterocycles. The van der Waals surface area contributed by atoms with Gasteiger partial charge in [-0.1, -0.05) is 18.2 Å². The van der Waals surface area contributed by atoms with Gasteiger partial charge in [-0.05, 0) is 19.1 Å². The van der Waals surface area contributed by atoms with E-state index in [4.69, 9.17) is 14.2 Å². The molecule has 0 unspecified atom stereocenters. The number of methoxy groups -OCH3 is 2. The number of aromatic nitrogens is 3. The molecule has 1 aromatic carbocycles. The van der Waals surface area contributed by atoms with Crippen LogP contribution in [0.1, 0.15) is 11.1 Å². The molecule has 8 heteroatoms. The van der Waals surface area contributed by atoms with Crippen molar-refractivity contribution in [1.29, 1.82) is 0 Å². The quantitative estimate of drug-likeness (QED) is 0.390. The molecule has 8 nitrogen and oxygen atoms in total. The van der Waals surface area contributed by atoms with E-state index < -0.39 is 5.97 Å². The normalized spacial score (nSPS) is 11.1. The fourth-order valence-electron chi connectivity index (χ4n) is 2.72. The average molecular weight is 393 g/mol. The van der Waals surface area contributed by atoms with Crippen LogP contribution in [0, 0.1) is 6.92 Å². The second kappa shape index (κ2) is 8.83. The molecular weight excluding hydrogens is 374 g/mol.